The van der Waals surface area contributed by atoms with Crippen LogP contribution in [0.5, 0.6) is 0 Å². The van der Waals surface area contributed by atoms with Crippen LogP contribution in [-0.4, -0.2) is 42.9 Å². The number of nitrogens with zero attached hydrogens (tertiary/aromatic N) is 1. The molecule has 0 bridgehead atoms. The molecule has 1 aromatic heterocycles. The van der Waals surface area contributed by atoms with E-state index in [1.165, 1.54) is 11.3 Å². The number of amides is 2. The summed E-state index contributed by atoms with van der Waals surface area (Å²) in [5.74, 6) is 5.40. The highest BCUT2D eigenvalue weighted by atomic mass is 32.1. The van der Waals surface area contributed by atoms with Crippen molar-refractivity contribution in [1.82, 2.24) is 10.2 Å². The number of carbonyl (C=O) groups excluding carboxylic acids is 2. The van der Waals surface area contributed by atoms with Gasteiger partial charge in [0.15, 0.2) is 0 Å². The topological polar surface area (TPSA) is 75.4 Å². The molecule has 1 aliphatic heterocycles. The number of thiophene rings is 1. The predicted molar refractivity (Wildman–Crippen MR) is 69.2 cm³/mol. The number of hydrogen-bond donors (Lipinski definition) is 2. The van der Waals surface area contributed by atoms with Gasteiger partial charge >= 0.3 is 0 Å². The van der Waals surface area contributed by atoms with Gasteiger partial charge in [0.25, 0.3) is 5.91 Å². The Bertz CT molecular complexity index is 527. The average Bonchev–Trinajstić information content (AvgIpc) is 2.84. The van der Waals surface area contributed by atoms with E-state index >= 15 is 0 Å². The van der Waals surface area contributed by atoms with Gasteiger partial charge in [0.2, 0.25) is 5.91 Å². The molecule has 1 aliphatic rings. The number of hydrogen-bond acceptors (Lipinski definition) is 4. The Balaban J connectivity index is 2.08. The summed E-state index contributed by atoms with van der Waals surface area (Å²) in [7, 11) is 0. The molecule has 1 saturated heterocycles. The summed E-state index contributed by atoms with van der Waals surface area (Å²) in [6.07, 6.45) is 0. The third-order valence-corrected chi connectivity index (χ3v) is 3.44. The van der Waals surface area contributed by atoms with Crippen molar-refractivity contribution in [3.8, 4) is 11.8 Å². The summed E-state index contributed by atoms with van der Waals surface area (Å²) in [5, 5.41) is 2.69. The molecular weight excluding hydrogens is 250 g/mol. The van der Waals surface area contributed by atoms with E-state index in [1.807, 2.05) is 0 Å². The smallest absolute Gasteiger partial charge is 0.264 e. The van der Waals surface area contributed by atoms with E-state index in [1.54, 1.807) is 17.0 Å². The molecule has 5 nitrogen and oxygen atoms in total. The van der Waals surface area contributed by atoms with E-state index < -0.39 is 0 Å². The minimum Gasteiger partial charge on any atom is -0.353 e. The third-order valence-electron chi connectivity index (χ3n) is 2.46. The molecule has 2 amide bonds. The van der Waals surface area contributed by atoms with E-state index in [-0.39, 0.29) is 18.4 Å². The standard InChI is InChI=1S/C12H13N3O2S/c13-5-1-2-9-3-4-10(18-9)12(17)15-7-6-14-11(16)8-15/h3-4H,5-8,13H2,(H,14,16). The lowest BCUT2D eigenvalue weighted by Crippen LogP contribution is -2.49. The third kappa shape index (κ3) is 2.88. The molecule has 0 spiro atoms. The quantitative estimate of drug-likeness (QED) is 0.679. The van der Waals surface area contributed by atoms with Gasteiger partial charge in [-0.05, 0) is 12.1 Å². The van der Waals surface area contributed by atoms with E-state index in [0.717, 1.165) is 4.88 Å². The summed E-state index contributed by atoms with van der Waals surface area (Å²) in [6.45, 7) is 1.48. The normalized spacial score (nSPS) is 14.7. The van der Waals surface area contributed by atoms with Crippen LogP contribution in [0.15, 0.2) is 12.1 Å². The zero-order chi connectivity index (χ0) is 13.0. The fourth-order valence-corrected chi connectivity index (χ4v) is 2.47. The Labute approximate surface area is 109 Å². The second-order valence-corrected chi connectivity index (χ2v) is 4.83. The number of carbonyl (C=O) groups is 2. The van der Waals surface area contributed by atoms with Crippen LogP contribution in [-0.2, 0) is 4.79 Å². The number of rotatable bonds is 1. The van der Waals surface area contributed by atoms with Gasteiger partial charge in [-0.3, -0.25) is 9.59 Å². The predicted octanol–water partition coefficient (Wildman–Crippen LogP) is -0.370. The van der Waals surface area contributed by atoms with Gasteiger partial charge in [-0.2, -0.15) is 0 Å². The SMILES string of the molecule is NCC#Cc1ccc(C(=O)N2CCNC(=O)C2)s1. The van der Waals surface area contributed by atoms with Crippen molar-refractivity contribution in [2.24, 2.45) is 5.73 Å². The van der Waals surface area contributed by atoms with E-state index in [2.05, 4.69) is 17.2 Å². The van der Waals surface area contributed by atoms with Crippen LogP contribution in [0.3, 0.4) is 0 Å². The number of piperazine rings is 1. The molecule has 0 saturated carbocycles. The van der Waals surface area contributed by atoms with Crippen molar-refractivity contribution in [3.63, 3.8) is 0 Å². The van der Waals surface area contributed by atoms with Crippen LogP contribution < -0.4 is 11.1 Å². The Morgan fingerprint density at radius 2 is 2.39 bits per heavy atom. The molecule has 2 rings (SSSR count). The highest BCUT2D eigenvalue weighted by Crippen LogP contribution is 2.17. The van der Waals surface area contributed by atoms with E-state index in [0.29, 0.717) is 24.5 Å². The Morgan fingerprint density at radius 1 is 1.56 bits per heavy atom. The minimum absolute atomic E-state index is 0.115. The maximum atomic E-state index is 12.1. The maximum absolute atomic E-state index is 12.1. The van der Waals surface area contributed by atoms with Crippen molar-refractivity contribution in [1.29, 1.82) is 0 Å². The number of nitrogens with two attached hydrogens (primary N) is 1. The monoisotopic (exact) mass is 263 g/mol. The summed E-state index contributed by atoms with van der Waals surface area (Å²) < 4.78 is 0. The van der Waals surface area contributed by atoms with Crippen molar-refractivity contribution >= 4 is 23.2 Å². The Hall–Kier alpha value is -1.84. The molecule has 6 heteroatoms. The molecule has 1 aromatic rings. The second kappa shape index (κ2) is 5.67. The van der Waals surface area contributed by atoms with Gasteiger partial charge in [0.1, 0.15) is 0 Å². The first-order chi connectivity index (χ1) is 8.70. The lowest BCUT2D eigenvalue weighted by molar-refractivity contribution is -0.123. The second-order valence-electron chi connectivity index (χ2n) is 3.75. The summed E-state index contributed by atoms with van der Waals surface area (Å²) in [4.78, 5) is 26.3. The summed E-state index contributed by atoms with van der Waals surface area (Å²) in [5.41, 5.74) is 5.29. The first kappa shape index (κ1) is 12.6. The van der Waals surface area contributed by atoms with Crippen LogP contribution in [0.25, 0.3) is 0 Å². The molecule has 18 heavy (non-hydrogen) atoms. The van der Waals surface area contributed by atoms with Gasteiger partial charge in [-0.15, -0.1) is 11.3 Å². The summed E-state index contributed by atoms with van der Waals surface area (Å²) in [6, 6.07) is 3.53. The van der Waals surface area contributed by atoms with Crippen molar-refractivity contribution in [3.05, 3.63) is 21.9 Å². The van der Waals surface area contributed by atoms with Crippen molar-refractivity contribution in [2.45, 2.75) is 0 Å². The molecule has 0 aromatic carbocycles. The van der Waals surface area contributed by atoms with Crippen LogP contribution in [0, 0.1) is 11.8 Å². The molecule has 0 radical (unpaired) electrons. The van der Waals surface area contributed by atoms with Gasteiger partial charge in [0.05, 0.1) is 22.8 Å². The van der Waals surface area contributed by atoms with Crippen LogP contribution in [0.1, 0.15) is 14.5 Å². The fraction of sp³-hybridized carbons (Fsp3) is 0.333. The van der Waals surface area contributed by atoms with Crippen LogP contribution in [0.4, 0.5) is 0 Å². The van der Waals surface area contributed by atoms with Crippen molar-refractivity contribution in [2.75, 3.05) is 26.2 Å². The van der Waals surface area contributed by atoms with Gasteiger partial charge in [-0.1, -0.05) is 11.8 Å². The molecular formula is C12H13N3O2S. The van der Waals surface area contributed by atoms with Crippen molar-refractivity contribution < 1.29 is 9.59 Å². The van der Waals surface area contributed by atoms with E-state index in [9.17, 15) is 9.59 Å². The molecule has 0 aliphatic carbocycles. The first-order valence-electron chi connectivity index (χ1n) is 5.55. The zero-order valence-corrected chi connectivity index (χ0v) is 10.5. The fourth-order valence-electron chi connectivity index (χ4n) is 1.63. The van der Waals surface area contributed by atoms with Gasteiger partial charge < -0.3 is 16.0 Å². The Morgan fingerprint density at radius 3 is 3.11 bits per heavy atom. The largest absolute Gasteiger partial charge is 0.353 e. The molecule has 94 valence electrons. The van der Waals surface area contributed by atoms with Gasteiger partial charge in [-0.25, -0.2) is 0 Å². The minimum atomic E-state index is -0.116. The number of nitrogens with one attached hydrogen (secondary N) is 1. The van der Waals surface area contributed by atoms with E-state index in [4.69, 9.17) is 5.73 Å². The molecule has 2 heterocycles. The molecule has 0 unspecified atom stereocenters. The zero-order valence-electron chi connectivity index (χ0n) is 9.73. The highest BCUT2D eigenvalue weighted by Gasteiger charge is 2.23. The lowest BCUT2D eigenvalue weighted by atomic mass is 10.3. The molecule has 3 N–H and O–H groups in total. The van der Waals surface area contributed by atoms with Crippen LogP contribution in [0.2, 0.25) is 0 Å². The molecule has 0 atom stereocenters. The van der Waals surface area contributed by atoms with Crippen LogP contribution >= 0.6 is 11.3 Å². The molecule has 1 fully saturated rings. The lowest BCUT2D eigenvalue weighted by Gasteiger charge is -2.26. The maximum Gasteiger partial charge on any atom is 0.264 e. The Kier molecular flexibility index (Phi) is 3.97. The highest BCUT2D eigenvalue weighted by molar-refractivity contribution is 7.14. The summed E-state index contributed by atoms with van der Waals surface area (Å²) >= 11 is 1.32. The van der Waals surface area contributed by atoms with Gasteiger partial charge in [0, 0.05) is 13.1 Å². The first-order valence-corrected chi connectivity index (χ1v) is 6.37. The average molecular weight is 263 g/mol.